The molecule has 8 heteroatoms. The highest BCUT2D eigenvalue weighted by Gasteiger charge is 2.13. The van der Waals surface area contributed by atoms with E-state index in [2.05, 4.69) is 5.32 Å². The predicted molar refractivity (Wildman–Crippen MR) is 70.8 cm³/mol. The number of hydrogen-bond acceptors (Lipinski definition) is 5. The second kappa shape index (κ2) is 8.93. The van der Waals surface area contributed by atoms with Crippen molar-refractivity contribution < 1.29 is 27.8 Å². The van der Waals surface area contributed by atoms with E-state index in [9.17, 15) is 18.7 Å². The van der Waals surface area contributed by atoms with Gasteiger partial charge >= 0.3 is 0 Å². The summed E-state index contributed by atoms with van der Waals surface area (Å²) >= 11 is 0.431. The first kappa shape index (κ1) is 16.9. The average molecular weight is 309 g/mol. The van der Waals surface area contributed by atoms with Gasteiger partial charge in [-0.15, -0.1) is 0 Å². The molecule has 0 bridgehead atoms. The van der Waals surface area contributed by atoms with Crippen molar-refractivity contribution >= 4 is 17.7 Å². The topological polar surface area (TPSA) is 71.7 Å². The van der Waals surface area contributed by atoms with Crippen molar-refractivity contribution in [3.63, 3.8) is 0 Å². The van der Waals surface area contributed by atoms with Gasteiger partial charge in [0.1, 0.15) is 5.76 Å². The van der Waals surface area contributed by atoms with Crippen molar-refractivity contribution in [1.82, 2.24) is 5.32 Å². The lowest BCUT2D eigenvalue weighted by atomic mass is 10.2. The molecular weight excluding hydrogens is 292 g/mol. The molecule has 1 aromatic heterocycles. The molecule has 2 N–H and O–H groups in total. The summed E-state index contributed by atoms with van der Waals surface area (Å²) in [6.45, 7) is 0.469. The van der Waals surface area contributed by atoms with Crippen LogP contribution in [0, 0.1) is 0 Å². The number of thioether (sulfide) groups is 1. The number of halogens is 2. The predicted octanol–water partition coefficient (Wildman–Crippen LogP) is 1.86. The Morgan fingerprint density at radius 2 is 2.30 bits per heavy atom. The fourth-order valence-electron chi connectivity index (χ4n) is 1.44. The summed E-state index contributed by atoms with van der Waals surface area (Å²) in [6, 6.07) is 2.92. The molecule has 1 amide bonds. The quantitative estimate of drug-likeness (QED) is 0.728. The number of carbonyl (C=O) groups excluding carboxylic acids is 1. The van der Waals surface area contributed by atoms with Gasteiger partial charge in [-0.05, 0) is 18.6 Å². The molecule has 1 rings (SSSR count). The van der Waals surface area contributed by atoms with Gasteiger partial charge in [0.05, 0.1) is 18.5 Å². The second-order valence-corrected chi connectivity index (χ2v) is 4.97. The fourth-order valence-corrected chi connectivity index (χ4v) is 1.88. The third kappa shape index (κ3) is 6.36. The monoisotopic (exact) mass is 309 g/mol. The first-order valence-electron chi connectivity index (χ1n) is 5.96. The molecule has 0 aliphatic carbocycles. The van der Waals surface area contributed by atoms with E-state index in [4.69, 9.17) is 9.15 Å². The van der Waals surface area contributed by atoms with E-state index in [0.29, 0.717) is 23.9 Å². The van der Waals surface area contributed by atoms with E-state index < -0.39 is 17.8 Å². The van der Waals surface area contributed by atoms with Crippen LogP contribution in [0.25, 0.3) is 0 Å². The number of rotatable bonds is 9. The molecule has 1 aromatic rings. The van der Waals surface area contributed by atoms with Crippen LogP contribution in [-0.4, -0.2) is 43.1 Å². The van der Waals surface area contributed by atoms with Crippen LogP contribution in [0.1, 0.15) is 22.7 Å². The summed E-state index contributed by atoms with van der Waals surface area (Å²) in [7, 11) is 1.48. The highest BCUT2D eigenvalue weighted by Crippen LogP contribution is 2.21. The molecule has 0 saturated heterocycles. The van der Waals surface area contributed by atoms with Gasteiger partial charge in [-0.25, -0.2) is 0 Å². The third-order valence-corrected chi connectivity index (χ3v) is 3.06. The molecule has 114 valence electrons. The molecule has 1 unspecified atom stereocenters. The molecule has 0 radical (unpaired) electrons. The van der Waals surface area contributed by atoms with Crippen LogP contribution in [0.4, 0.5) is 8.78 Å². The number of nitrogens with one attached hydrogen (secondary N) is 1. The van der Waals surface area contributed by atoms with Crippen LogP contribution in [0.5, 0.6) is 0 Å². The molecule has 20 heavy (non-hydrogen) atoms. The molecule has 5 nitrogen and oxygen atoms in total. The van der Waals surface area contributed by atoms with E-state index in [0.717, 1.165) is 0 Å². The van der Waals surface area contributed by atoms with Gasteiger partial charge in [0.15, 0.2) is 5.76 Å². The van der Waals surface area contributed by atoms with E-state index in [1.165, 1.54) is 19.2 Å². The zero-order valence-electron chi connectivity index (χ0n) is 11.0. The van der Waals surface area contributed by atoms with Gasteiger partial charge in [-0.2, -0.15) is 8.78 Å². The highest BCUT2D eigenvalue weighted by molar-refractivity contribution is 7.98. The number of aliphatic hydroxyl groups is 1. The molecule has 1 atom stereocenters. The molecule has 0 aromatic carbocycles. The van der Waals surface area contributed by atoms with Crippen molar-refractivity contribution in [2.45, 2.75) is 24.0 Å². The lowest BCUT2D eigenvalue weighted by Gasteiger charge is -2.09. The first-order chi connectivity index (χ1) is 9.52. The maximum Gasteiger partial charge on any atom is 0.286 e. The number of amides is 1. The van der Waals surface area contributed by atoms with Crippen molar-refractivity contribution in [3.8, 4) is 0 Å². The fraction of sp³-hybridized carbons (Fsp3) is 0.583. The minimum atomic E-state index is -2.47. The summed E-state index contributed by atoms with van der Waals surface area (Å²) < 4.78 is 33.9. The van der Waals surface area contributed by atoms with Gasteiger partial charge in [0, 0.05) is 13.7 Å². The molecular formula is C12H17F2NO4S. The minimum absolute atomic E-state index is 0.0114. The van der Waals surface area contributed by atoms with Crippen LogP contribution in [0.15, 0.2) is 16.5 Å². The molecule has 0 spiro atoms. The zero-order valence-corrected chi connectivity index (χ0v) is 11.8. The Kier molecular flexibility index (Phi) is 7.56. The lowest BCUT2D eigenvalue weighted by molar-refractivity contribution is 0.0586. The van der Waals surface area contributed by atoms with Gasteiger partial charge < -0.3 is 19.6 Å². The normalized spacial score (nSPS) is 12.7. The summed E-state index contributed by atoms with van der Waals surface area (Å²) in [5.41, 5.74) is 0. The Morgan fingerprint density at radius 3 is 2.95 bits per heavy atom. The van der Waals surface area contributed by atoms with E-state index in [1.54, 1.807) is 0 Å². The number of furan rings is 1. The van der Waals surface area contributed by atoms with Crippen molar-refractivity contribution in [3.05, 3.63) is 23.7 Å². The van der Waals surface area contributed by atoms with Crippen LogP contribution < -0.4 is 5.32 Å². The molecule has 0 saturated carbocycles. The summed E-state index contributed by atoms with van der Waals surface area (Å²) in [6.07, 6.45) is -0.288. The zero-order chi connectivity index (χ0) is 15.0. The lowest BCUT2D eigenvalue weighted by Crippen LogP contribution is -2.28. The van der Waals surface area contributed by atoms with Crippen molar-refractivity contribution in [2.24, 2.45) is 0 Å². The smallest absolute Gasteiger partial charge is 0.286 e. The molecule has 0 aliphatic heterocycles. The Bertz CT molecular complexity index is 414. The largest absolute Gasteiger partial charge is 0.455 e. The number of methoxy groups -OCH3 is 1. The second-order valence-electron chi connectivity index (χ2n) is 3.99. The van der Waals surface area contributed by atoms with Crippen LogP contribution in [0.2, 0.25) is 0 Å². The Morgan fingerprint density at radius 1 is 1.55 bits per heavy atom. The number of aliphatic hydroxyl groups excluding tert-OH is 1. The van der Waals surface area contributed by atoms with Crippen LogP contribution in [0.3, 0.4) is 0 Å². The van der Waals surface area contributed by atoms with Crippen LogP contribution in [-0.2, 0) is 10.5 Å². The molecule has 0 aliphatic rings. The Balaban J connectivity index is 2.32. The van der Waals surface area contributed by atoms with E-state index in [1.807, 2.05) is 0 Å². The minimum Gasteiger partial charge on any atom is -0.455 e. The Hall–Kier alpha value is -1.12. The maximum atomic E-state index is 12.0. The van der Waals surface area contributed by atoms with Crippen LogP contribution >= 0.6 is 11.8 Å². The summed E-state index contributed by atoms with van der Waals surface area (Å²) in [5, 5.41) is 11.9. The maximum absolute atomic E-state index is 12.0. The van der Waals surface area contributed by atoms with E-state index >= 15 is 0 Å². The standard InChI is InChI=1S/C12H17F2NO4S/c1-18-6-8(16)4-5-15-11(17)10-3-2-9(19-10)7-20-12(13)14/h2-3,8,12,16H,4-7H2,1H3,(H,15,17). The number of carbonyl (C=O) groups is 1. The summed E-state index contributed by atoms with van der Waals surface area (Å²) in [5.74, 6) is -2.52. The number of hydrogen-bond donors (Lipinski definition) is 2. The first-order valence-corrected chi connectivity index (χ1v) is 7.01. The molecule has 1 heterocycles. The Labute approximate surface area is 119 Å². The number of ether oxygens (including phenoxy) is 1. The highest BCUT2D eigenvalue weighted by atomic mass is 32.2. The summed E-state index contributed by atoms with van der Waals surface area (Å²) in [4.78, 5) is 11.7. The van der Waals surface area contributed by atoms with E-state index in [-0.39, 0.29) is 24.7 Å². The van der Waals surface area contributed by atoms with Gasteiger partial charge in [-0.3, -0.25) is 4.79 Å². The molecule has 0 fully saturated rings. The SMILES string of the molecule is COCC(O)CCNC(=O)c1ccc(CSC(F)F)o1. The third-order valence-electron chi connectivity index (χ3n) is 2.36. The van der Waals surface area contributed by atoms with Gasteiger partial charge in [0.2, 0.25) is 0 Å². The van der Waals surface area contributed by atoms with Crippen molar-refractivity contribution in [1.29, 1.82) is 0 Å². The van der Waals surface area contributed by atoms with Gasteiger partial charge in [-0.1, -0.05) is 11.8 Å². The number of alkyl halides is 2. The van der Waals surface area contributed by atoms with Crippen molar-refractivity contribution in [2.75, 3.05) is 20.3 Å². The average Bonchev–Trinajstić information content (AvgIpc) is 2.85. The van der Waals surface area contributed by atoms with Gasteiger partial charge in [0.25, 0.3) is 11.7 Å².